The van der Waals surface area contributed by atoms with Gasteiger partial charge >= 0.3 is 6.18 Å². The van der Waals surface area contributed by atoms with Crippen molar-refractivity contribution < 1.29 is 18.0 Å². The number of halogens is 4. The zero-order valence-corrected chi connectivity index (χ0v) is 21.9. The van der Waals surface area contributed by atoms with Crippen molar-refractivity contribution in [3.05, 3.63) is 69.7 Å². The first-order valence-electron chi connectivity index (χ1n) is 12.1. The average molecular weight is 572 g/mol. The third-order valence-electron chi connectivity index (χ3n) is 6.68. The quantitative estimate of drug-likeness (QED) is 0.269. The first kappa shape index (κ1) is 25.4. The summed E-state index contributed by atoms with van der Waals surface area (Å²) in [4.78, 5) is 25.9. The maximum atomic E-state index is 13.4. The minimum Gasteiger partial charge on any atom is -0.348 e. The molecule has 1 saturated carbocycles. The van der Waals surface area contributed by atoms with Gasteiger partial charge in [0.25, 0.3) is 5.91 Å². The number of imidazole rings is 1. The fourth-order valence-corrected chi connectivity index (χ4v) is 5.24. The molecule has 4 aromatic rings. The maximum absolute atomic E-state index is 13.4. The second-order valence-electron chi connectivity index (χ2n) is 9.54. The highest BCUT2D eigenvalue weighted by Crippen LogP contribution is 2.35. The molecular weight excluding hydrogens is 547 g/mol. The third-order valence-corrected chi connectivity index (χ3v) is 7.18. The maximum Gasteiger partial charge on any atom is 0.433 e. The van der Waals surface area contributed by atoms with Crippen LogP contribution < -0.4 is 5.32 Å². The Morgan fingerprint density at radius 1 is 1.16 bits per heavy atom. The first-order chi connectivity index (χ1) is 17.6. The van der Waals surface area contributed by atoms with E-state index >= 15 is 0 Å². The smallest absolute Gasteiger partial charge is 0.348 e. The van der Waals surface area contributed by atoms with Crippen LogP contribution in [-0.2, 0) is 6.18 Å². The molecular formula is C27H25BrF3N5O. The Bertz CT molecular complexity index is 1530. The Morgan fingerprint density at radius 3 is 2.76 bits per heavy atom. The molecule has 1 N–H and O–H groups in total. The third kappa shape index (κ3) is 5.39. The van der Waals surface area contributed by atoms with E-state index < -0.39 is 11.9 Å². The van der Waals surface area contributed by atoms with Gasteiger partial charge in [-0.2, -0.15) is 13.2 Å². The molecule has 10 heteroatoms. The second kappa shape index (κ2) is 9.89. The van der Waals surface area contributed by atoms with Crippen molar-refractivity contribution >= 4 is 50.3 Å². The molecule has 0 radical (unpaired) electrons. The van der Waals surface area contributed by atoms with Crippen molar-refractivity contribution in [1.29, 1.82) is 0 Å². The number of carbonyl (C=O) groups is 1. The number of fused-ring (bicyclic) bond motifs is 2. The molecule has 192 valence electrons. The Balaban J connectivity index is 1.35. The van der Waals surface area contributed by atoms with Gasteiger partial charge in [0.1, 0.15) is 17.0 Å². The zero-order valence-electron chi connectivity index (χ0n) is 20.3. The topological polar surface area (TPSA) is 71.7 Å². The normalized spacial score (nSPS) is 18.6. The van der Waals surface area contributed by atoms with Crippen LogP contribution in [0.1, 0.15) is 53.1 Å². The van der Waals surface area contributed by atoms with E-state index in [1.165, 1.54) is 0 Å². The van der Waals surface area contributed by atoms with Crippen LogP contribution >= 0.6 is 15.9 Å². The van der Waals surface area contributed by atoms with Gasteiger partial charge < -0.3 is 5.32 Å². The minimum absolute atomic E-state index is 0.0284. The van der Waals surface area contributed by atoms with Gasteiger partial charge in [-0.1, -0.05) is 34.0 Å². The van der Waals surface area contributed by atoms with E-state index in [2.05, 4.69) is 36.2 Å². The van der Waals surface area contributed by atoms with E-state index in [0.29, 0.717) is 28.8 Å². The van der Waals surface area contributed by atoms with Crippen LogP contribution in [0.5, 0.6) is 0 Å². The van der Waals surface area contributed by atoms with Crippen LogP contribution in [-0.4, -0.2) is 32.5 Å². The summed E-state index contributed by atoms with van der Waals surface area (Å²) < 4.78 is 43.0. The van der Waals surface area contributed by atoms with E-state index in [1.54, 1.807) is 35.0 Å². The molecule has 0 aliphatic heterocycles. The molecule has 0 spiro atoms. The highest BCUT2D eigenvalue weighted by molar-refractivity contribution is 9.10. The molecule has 1 fully saturated rings. The molecule has 0 saturated heterocycles. The zero-order chi connectivity index (χ0) is 26.3. The lowest BCUT2D eigenvalue weighted by Gasteiger charge is -2.27. The van der Waals surface area contributed by atoms with E-state index in [0.717, 1.165) is 35.4 Å². The summed E-state index contributed by atoms with van der Waals surface area (Å²) in [6, 6.07) is 9.77. The molecule has 1 amide bonds. The number of hydrogen-bond donors (Lipinski definition) is 1. The second-order valence-corrected chi connectivity index (χ2v) is 10.5. The summed E-state index contributed by atoms with van der Waals surface area (Å²) in [6.07, 6.45) is 2.19. The van der Waals surface area contributed by atoms with Gasteiger partial charge in [-0.25, -0.2) is 9.97 Å². The van der Waals surface area contributed by atoms with Gasteiger partial charge in [0.05, 0.1) is 16.9 Å². The number of carbonyl (C=O) groups excluding carboxylic acids is 1. The van der Waals surface area contributed by atoms with Gasteiger partial charge in [-0.05, 0) is 69.4 Å². The number of alkyl halides is 3. The molecule has 1 unspecified atom stereocenters. The monoisotopic (exact) mass is 571 g/mol. The van der Waals surface area contributed by atoms with E-state index in [4.69, 9.17) is 0 Å². The summed E-state index contributed by atoms with van der Waals surface area (Å²) in [6.45, 7) is 3.69. The minimum atomic E-state index is -4.56. The van der Waals surface area contributed by atoms with Gasteiger partial charge in [-0.3, -0.25) is 14.2 Å². The van der Waals surface area contributed by atoms with Crippen molar-refractivity contribution in [3.63, 3.8) is 0 Å². The van der Waals surface area contributed by atoms with Crippen molar-refractivity contribution in [1.82, 2.24) is 19.7 Å². The summed E-state index contributed by atoms with van der Waals surface area (Å²) >= 11 is 3.43. The number of pyridine rings is 2. The molecule has 3 aromatic heterocycles. The average Bonchev–Trinajstić information content (AvgIpc) is 3.16. The summed E-state index contributed by atoms with van der Waals surface area (Å²) in [5, 5.41) is 3.71. The van der Waals surface area contributed by atoms with E-state index in [1.807, 2.05) is 26.0 Å². The SMILES string of the molecule is Cc1ccc2nc(C(F)(F)F)cc(N=CC3CCC[C@@H](NC(=O)c4c(C)nc5cc(Br)ccn45)C3)c2c1. The van der Waals surface area contributed by atoms with Crippen molar-refractivity contribution in [3.8, 4) is 0 Å². The number of aliphatic imine (C=N–C) groups is 1. The summed E-state index contributed by atoms with van der Waals surface area (Å²) in [5.41, 5.74) is 2.29. The Labute approximate surface area is 220 Å². The highest BCUT2D eigenvalue weighted by Gasteiger charge is 2.33. The fourth-order valence-electron chi connectivity index (χ4n) is 4.92. The van der Waals surface area contributed by atoms with Gasteiger partial charge in [0.15, 0.2) is 0 Å². The number of nitrogens with one attached hydrogen (secondary N) is 1. The van der Waals surface area contributed by atoms with Crippen LogP contribution in [0.25, 0.3) is 16.6 Å². The molecule has 6 nitrogen and oxygen atoms in total. The van der Waals surface area contributed by atoms with E-state index in [9.17, 15) is 18.0 Å². The van der Waals surface area contributed by atoms with Crippen molar-refractivity contribution in [2.24, 2.45) is 10.9 Å². The molecule has 37 heavy (non-hydrogen) atoms. The Hall–Kier alpha value is -3.27. The first-order valence-corrected chi connectivity index (χ1v) is 12.9. The number of aryl methyl sites for hydroxylation is 2. The number of benzene rings is 1. The number of rotatable bonds is 4. The Kier molecular flexibility index (Phi) is 6.78. The molecule has 5 rings (SSSR count). The number of aromatic nitrogens is 3. The number of nitrogens with zero attached hydrogens (tertiary/aromatic N) is 4. The molecule has 1 aliphatic rings. The largest absolute Gasteiger partial charge is 0.433 e. The molecule has 1 aliphatic carbocycles. The van der Waals surface area contributed by atoms with E-state index in [-0.39, 0.29) is 29.1 Å². The van der Waals surface area contributed by atoms with Crippen LogP contribution in [0.15, 0.2) is 52.1 Å². The van der Waals surface area contributed by atoms with Gasteiger partial charge in [-0.15, -0.1) is 0 Å². The lowest BCUT2D eigenvalue weighted by molar-refractivity contribution is -0.140. The number of amides is 1. The van der Waals surface area contributed by atoms with Gasteiger partial charge in [0, 0.05) is 28.3 Å². The van der Waals surface area contributed by atoms with Crippen LogP contribution in [0, 0.1) is 19.8 Å². The van der Waals surface area contributed by atoms with Crippen molar-refractivity contribution in [2.45, 2.75) is 51.7 Å². The number of hydrogen-bond acceptors (Lipinski definition) is 4. The van der Waals surface area contributed by atoms with Crippen LogP contribution in [0.4, 0.5) is 18.9 Å². The molecule has 2 atom stereocenters. The lowest BCUT2D eigenvalue weighted by atomic mass is 9.86. The molecule has 1 aromatic carbocycles. The van der Waals surface area contributed by atoms with Gasteiger partial charge in [0.2, 0.25) is 0 Å². The summed E-state index contributed by atoms with van der Waals surface area (Å²) in [7, 11) is 0. The molecule has 3 heterocycles. The predicted octanol–water partition coefficient (Wildman–Crippen LogP) is 6.97. The summed E-state index contributed by atoms with van der Waals surface area (Å²) in [5.74, 6) is -0.166. The highest BCUT2D eigenvalue weighted by atomic mass is 79.9. The Morgan fingerprint density at radius 2 is 1.97 bits per heavy atom. The fraction of sp³-hybridized carbons (Fsp3) is 0.333. The van der Waals surface area contributed by atoms with Crippen LogP contribution in [0.2, 0.25) is 0 Å². The standard InChI is InChI=1S/C27H25BrF3N5O/c1-15-6-7-21-20(10-15)22(13-23(35-21)27(29,30)31)32-14-17-4-3-5-19(11-17)34-26(37)25-16(2)33-24-12-18(28)8-9-36(24)25/h6-10,12-14,17,19H,3-5,11H2,1-2H3,(H,34,37)/t17?,19-/m1/s1. The van der Waals surface area contributed by atoms with Crippen molar-refractivity contribution in [2.75, 3.05) is 0 Å². The van der Waals surface area contributed by atoms with Crippen LogP contribution in [0.3, 0.4) is 0 Å². The predicted molar refractivity (Wildman–Crippen MR) is 140 cm³/mol. The molecule has 0 bridgehead atoms. The lowest BCUT2D eigenvalue weighted by Crippen LogP contribution is -2.39.